The van der Waals surface area contributed by atoms with Gasteiger partial charge in [-0.3, -0.25) is 9.69 Å². The summed E-state index contributed by atoms with van der Waals surface area (Å²) in [6.45, 7) is 1.26. The van der Waals surface area contributed by atoms with Gasteiger partial charge in [0.25, 0.3) is 15.9 Å². The number of carbonyl (C=O) groups excluding carboxylic acids is 1. The van der Waals surface area contributed by atoms with Crippen molar-refractivity contribution < 1.29 is 21.6 Å². The van der Waals surface area contributed by atoms with Crippen LogP contribution in [0.25, 0.3) is 0 Å². The average Bonchev–Trinajstić information content (AvgIpc) is 2.68. The van der Waals surface area contributed by atoms with E-state index in [4.69, 9.17) is 0 Å². The fourth-order valence-electron chi connectivity index (χ4n) is 3.43. The topological polar surface area (TPSA) is 101 Å². The van der Waals surface area contributed by atoms with Crippen LogP contribution < -0.4 is 4.72 Å². The van der Waals surface area contributed by atoms with E-state index in [0.29, 0.717) is 19.5 Å². The number of piperidine rings is 1. The number of benzene rings is 2. The lowest BCUT2D eigenvalue weighted by Gasteiger charge is -2.34. The highest BCUT2D eigenvalue weighted by atomic mass is 32.2. The van der Waals surface area contributed by atoms with Crippen LogP contribution in [0.3, 0.4) is 0 Å². The summed E-state index contributed by atoms with van der Waals surface area (Å²) in [6, 6.07) is 14.1. The van der Waals surface area contributed by atoms with Crippen LogP contribution in [0.4, 0.5) is 0 Å². The molecule has 0 saturated carbocycles. The molecule has 2 aromatic rings. The van der Waals surface area contributed by atoms with Crippen LogP contribution in [0.2, 0.25) is 0 Å². The lowest BCUT2D eigenvalue weighted by Crippen LogP contribution is -2.50. The van der Waals surface area contributed by atoms with E-state index >= 15 is 0 Å². The third-order valence-corrected chi connectivity index (χ3v) is 7.38. The molecule has 1 aliphatic heterocycles. The number of hydrogen-bond donors (Lipinski definition) is 1. The smallest absolute Gasteiger partial charge is 0.264 e. The molecule has 0 aliphatic carbocycles. The molecule has 1 saturated heterocycles. The van der Waals surface area contributed by atoms with Gasteiger partial charge in [0.2, 0.25) is 0 Å². The normalized spacial score (nSPS) is 18.3. The number of carbonyl (C=O) groups is 1. The van der Waals surface area contributed by atoms with E-state index in [0.717, 1.165) is 30.7 Å². The molecule has 29 heavy (non-hydrogen) atoms. The second kappa shape index (κ2) is 8.64. The number of nitrogens with one attached hydrogen (secondary N) is 1. The monoisotopic (exact) mass is 436 g/mol. The van der Waals surface area contributed by atoms with Crippen LogP contribution in [-0.4, -0.2) is 46.5 Å². The maximum Gasteiger partial charge on any atom is 0.264 e. The largest absolute Gasteiger partial charge is 0.288 e. The molecule has 0 spiro atoms. The van der Waals surface area contributed by atoms with E-state index < -0.39 is 31.8 Å². The van der Waals surface area contributed by atoms with Crippen molar-refractivity contribution in [2.75, 3.05) is 12.8 Å². The van der Waals surface area contributed by atoms with Gasteiger partial charge in [-0.1, -0.05) is 42.8 Å². The Labute approximate surface area is 171 Å². The molecule has 1 fully saturated rings. The minimum Gasteiger partial charge on any atom is -0.288 e. The summed E-state index contributed by atoms with van der Waals surface area (Å²) in [5.41, 5.74) is 1.05. The highest BCUT2D eigenvalue weighted by Crippen LogP contribution is 2.21. The second-order valence-electron chi connectivity index (χ2n) is 7.18. The van der Waals surface area contributed by atoms with Gasteiger partial charge in [0.1, 0.15) is 0 Å². The number of rotatable bonds is 6. The Bertz CT molecular complexity index is 1080. The molecule has 0 unspecified atom stereocenters. The van der Waals surface area contributed by atoms with E-state index in [2.05, 4.69) is 4.72 Å². The predicted octanol–water partition coefficient (Wildman–Crippen LogP) is 1.95. The summed E-state index contributed by atoms with van der Waals surface area (Å²) >= 11 is 0. The molecule has 3 rings (SSSR count). The highest BCUT2D eigenvalue weighted by molar-refractivity contribution is 7.91. The van der Waals surface area contributed by atoms with Crippen molar-refractivity contribution in [1.29, 1.82) is 0 Å². The first kappa shape index (κ1) is 21.5. The van der Waals surface area contributed by atoms with Gasteiger partial charge in [0.15, 0.2) is 9.84 Å². The summed E-state index contributed by atoms with van der Waals surface area (Å²) in [5.74, 6) is -0.592. The van der Waals surface area contributed by atoms with E-state index in [-0.39, 0.29) is 9.79 Å². The minimum absolute atomic E-state index is 0.115. The first-order valence-corrected chi connectivity index (χ1v) is 12.7. The van der Waals surface area contributed by atoms with Crippen molar-refractivity contribution in [3.8, 4) is 0 Å². The Kier molecular flexibility index (Phi) is 6.40. The molecule has 0 aromatic heterocycles. The van der Waals surface area contributed by atoms with Crippen LogP contribution in [0.5, 0.6) is 0 Å². The summed E-state index contributed by atoms with van der Waals surface area (Å²) in [7, 11) is -7.74. The number of likely N-dealkylation sites (tertiary alicyclic amines) is 1. The molecule has 7 nitrogen and oxygen atoms in total. The summed E-state index contributed by atoms with van der Waals surface area (Å²) in [4.78, 5) is 14.4. The molecule has 1 atom stereocenters. The van der Waals surface area contributed by atoms with Gasteiger partial charge in [-0.05, 0) is 43.1 Å². The van der Waals surface area contributed by atoms with Crippen molar-refractivity contribution in [3.05, 3.63) is 60.2 Å². The Morgan fingerprint density at radius 3 is 2.38 bits per heavy atom. The summed E-state index contributed by atoms with van der Waals surface area (Å²) < 4.78 is 50.9. The molecule has 2 aromatic carbocycles. The van der Waals surface area contributed by atoms with Crippen molar-refractivity contribution in [3.63, 3.8) is 0 Å². The third kappa shape index (κ3) is 5.43. The molecule has 0 bridgehead atoms. The van der Waals surface area contributed by atoms with Gasteiger partial charge in [-0.2, -0.15) is 0 Å². The molecule has 156 valence electrons. The highest BCUT2D eigenvalue weighted by Gasteiger charge is 2.31. The zero-order chi connectivity index (χ0) is 21.1. The van der Waals surface area contributed by atoms with E-state index in [1.165, 1.54) is 18.2 Å². The minimum atomic E-state index is -4.18. The Morgan fingerprint density at radius 1 is 1.00 bits per heavy atom. The number of nitrogens with zero attached hydrogens (tertiary/aromatic N) is 1. The maximum atomic E-state index is 12.8. The van der Waals surface area contributed by atoms with Crippen LogP contribution >= 0.6 is 0 Å². The van der Waals surface area contributed by atoms with Gasteiger partial charge in [-0.25, -0.2) is 21.6 Å². The van der Waals surface area contributed by atoms with Crippen LogP contribution in [0.1, 0.15) is 24.8 Å². The lowest BCUT2D eigenvalue weighted by molar-refractivity contribution is -0.126. The molecule has 1 N–H and O–H groups in total. The van der Waals surface area contributed by atoms with E-state index in [1.807, 2.05) is 35.2 Å². The van der Waals surface area contributed by atoms with E-state index in [1.54, 1.807) is 0 Å². The van der Waals surface area contributed by atoms with Gasteiger partial charge in [-0.15, -0.1) is 0 Å². The van der Waals surface area contributed by atoms with Crippen molar-refractivity contribution in [1.82, 2.24) is 9.62 Å². The van der Waals surface area contributed by atoms with Crippen LogP contribution in [0.15, 0.2) is 64.4 Å². The Hall–Kier alpha value is -2.23. The van der Waals surface area contributed by atoms with Crippen molar-refractivity contribution in [2.45, 2.75) is 41.6 Å². The van der Waals surface area contributed by atoms with Gasteiger partial charge < -0.3 is 0 Å². The SMILES string of the molecule is CS(=O)(=O)c1cccc(S(=O)(=O)NC(=O)[C@@H]2CCCCN2Cc2ccccc2)c1. The number of hydrogen-bond acceptors (Lipinski definition) is 6. The first-order valence-electron chi connectivity index (χ1n) is 9.31. The molecular weight excluding hydrogens is 412 g/mol. The number of sulfone groups is 1. The summed E-state index contributed by atoms with van der Waals surface area (Å²) in [6.07, 6.45) is 3.35. The zero-order valence-electron chi connectivity index (χ0n) is 16.1. The molecule has 0 radical (unpaired) electrons. The fraction of sp³-hybridized carbons (Fsp3) is 0.350. The Morgan fingerprint density at radius 2 is 1.69 bits per heavy atom. The molecule has 1 aliphatic rings. The average molecular weight is 437 g/mol. The van der Waals surface area contributed by atoms with Crippen molar-refractivity contribution in [2.24, 2.45) is 0 Å². The molecule has 1 heterocycles. The van der Waals surface area contributed by atoms with Gasteiger partial charge in [0, 0.05) is 12.8 Å². The van der Waals surface area contributed by atoms with E-state index in [9.17, 15) is 21.6 Å². The van der Waals surface area contributed by atoms with Crippen LogP contribution in [0, 0.1) is 0 Å². The maximum absolute atomic E-state index is 12.8. The Balaban J connectivity index is 1.78. The molecule has 1 amide bonds. The standard InChI is InChI=1S/C20H24N2O5S2/c1-28(24,25)17-10-7-11-18(14-17)29(26,27)21-20(23)19-12-5-6-13-22(19)15-16-8-3-2-4-9-16/h2-4,7-11,14,19H,5-6,12-13,15H2,1H3,(H,21,23)/t19-/m0/s1. The second-order valence-corrected chi connectivity index (χ2v) is 10.9. The third-order valence-electron chi connectivity index (χ3n) is 4.92. The quantitative estimate of drug-likeness (QED) is 0.743. The van der Waals surface area contributed by atoms with Crippen molar-refractivity contribution >= 4 is 25.8 Å². The summed E-state index contributed by atoms with van der Waals surface area (Å²) in [5, 5.41) is 0. The fourth-order valence-corrected chi connectivity index (χ4v) is 5.23. The zero-order valence-corrected chi connectivity index (χ0v) is 17.7. The molecular formula is C20H24N2O5S2. The predicted molar refractivity (Wildman–Crippen MR) is 109 cm³/mol. The lowest BCUT2D eigenvalue weighted by atomic mass is 10.0. The molecule has 9 heteroatoms. The number of amides is 1. The van der Waals surface area contributed by atoms with Gasteiger partial charge >= 0.3 is 0 Å². The van der Waals surface area contributed by atoms with Gasteiger partial charge in [0.05, 0.1) is 15.8 Å². The van der Waals surface area contributed by atoms with Crippen LogP contribution in [-0.2, 0) is 31.2 Å². The number of sulfonamides is 1. The first-order chi connectivity index (χ1) is 13.7.